The summed E-state index contributed by atoms with van der Waals surface area (Å²) >= 11 is 0. The molecule has 2 heteroatoms. The van der Waals surface area contributed by atoms with Crippen LogP contribution in [-0.4, -0.2) is 11.2 Å². The van der Waals surface area contributed by atoms with E-state index in [1.807, 2.05) is 24.3 Å². The Hall–Kier alpha value is -1.64. The van der Waals surface area contributed by atoms with Crippen LogP contribution in [0.1, 0.15) is 29.2 Å². The Balaban J connectivity index is 1.64. The van der Waals surface area contributed by atoms with Gasteiger partial charge in [0.1, 0.15) is 0 Å². The number of nitrogens with one attached hydrogen (secondary N) is 1. The van der Waals surface area contributed by atoms with Crippen LogP contribution in [-0.2, 0) is 13.0 Å². The van der Waals surface area contributed by atoms with E-state index in [0.29, 0.717) is 0 Å². The molecule has 0 saturated carbocycles. The maximum Gasteiger partial charge on any atom is 0.0738 e. The van der Waals surface area contributed by atoms with Crippen LogP contribution in [0.15, 0.2) is 54.6 Å². The summed E-state index contributed by atoms with van der Waals surface area (Å²) in [6.07, 6.45) is 1.38. The van der Waals surface area contributed by atoms with Gasteiger partial charge in [0.25, 0.3) is 0 Å². The van der Waals surface area contributed by atoms with Gasteiger partial charge in [-0.1, -0.05) is 54.6 Å². The van der Waals surface area contributed by atoms with E-state index in [4.69, 9.17) is 0 Å². The first-order valence-corrected chi connectivity index (χ1v) is 6.88. The average molecular weight is 253 g/mol. The normalized spacial score (nSPS) is 19.1. The summed E-state index contributed by atoms with van der Waals surface area (Å²) in [5, 5.41) is 13.8. The third-order valence-electron chi connectivity index (χ3n) is 3.86. The van der Waals surface area contributed by atoms with Crippen molar-refractivity contribution in [3.63, 3.8) is 0 Å². The second-order valence-electron chi connectivity index (χ2n) is 5.15. The van der Waals surface area contributed by atoms with E-state index in [0.717, 1.165) is 19.4 Å². The Morgan fingerprint density at radius 3 is 2.63 bits per heavy atom. The number of hydrogen-bond donors (Lipinski definition) is 2. The van der Waals surface area contributed by atoms with Crippen LogP contribution in [0.4, 0.5) is 0 Å². The van der Waals surface area contributed by atoms with Gasteiger partial charge in [-0.05, 0) is 29.5 Å². The van der Waals surface area contributed by atoms with Crippen molar-refractivity contribution in [1.82, 2.24) is 5.32 Å². The molecule has 2 N–H and O–H groups in total. The number of hydrogen-bond acceptors (Lipinski definition) is 2. The highest BCUT2D eigenvalue weighted by molar-refractivity contribution is 5.34. The summed E-state index contributed by atoms with van der Waals surface area (Å²) < 4.78 is 0. The van der Waals surface area contributed by atoms with Crippen molar-refractivity contribution in [3.8, 4) is 0 Å². The van der Waals surface area contributed by atoms with Gasteiger partial charge in [-0.15, -0.1) is 0 Å². The highest BCUT2D eigenvalue weighted by atomic mass is 16.3. The Morgan fingerprint density at radius 1 is 1.05 bits per heavy atom. The fourth-order valence-corrected chi connectivity index (χ4v) is 2.80. The van der Waals surface area contributed by atoms with E-state index in [-0.39, 0.29) is 12.1 Å². The van der Waals surface area contributed by atoms with E-state index < -0.39 is 0 Å². The molecule has 98 valence electrons. The Bertz CT molecular complexity index is 538. The lowest BCUT2D eigenvalue weighted by molar-refractivity contribution is 0.123. The van der Waals surface area contributed by atoms with Gasteiger partial charge in [-0.3, -0.25) is 0 Å². The molecular weight excluding hydrogens is 234 g/mol. The standard InChI is InChI=1S/C17H19NO/c19-16(11-10-13-6-2-1-3-7-13)17-15-9-5-4-8-14(15)12-18-17/h1-9,16-19H,10-12H2. The van der Waals surface area contributed by atoms with Crippen LogP contribution < -0.4 is 5.32 Å². The molecule has 1 heterocycles. The molecule has 0 aromatic heterocycles. The fraction of sp³-hybridized carbons (Fsp3) is 0.294. The van der Waals surface area contributed by atoms with Crippen LogP contribution in [0.25, 0.3) is 0 Å². The predicted molar refractivity (Wildman–Crippen MR) is 76.8 cm³/mol. The van der Waals surface area contributed by atoms with Crippen LogP contribution in [0.2, 0.25) is 0 Å². The Morgan fingerprint density at radius 2 is 1.79 bits per heavy atom. The molecule has 1 aliphatic rings. The van der Waals surface area contributed by atoms with Crippen molar-refractivity contribution in [2.24, 2.45) is 0 Å². The predicted octanol–water partition coefficient (Wildman–Crippen LogP) is 2.82. The molecule has 0 spiro atoms. The molecule has 2 atom stereocenters. The van der Waals surface area contributed by atoms with Gasteiger partial charge in [0.05, 0.1) is 12.1 Å². The van der Waals surface area contributed by atoms with Gasteiger partial charge in [-0.25, -0.2) is 0 Å². The van der Waals surface area contributed by atoms with E-state index in [2.05, 4.69) is 35.6 Å². The highest BCUT2D eigenvalue weighted by Crippen LogP contribution is 2.29. The first-order chi connectivity index (χ1) is 9.34. The third-order valence-corrected chi connectivity index (χ3v) is 3.86. The molecule has 2 aromatic carbocycles. The lowest BCUT2D eigenvalue weighted by Crippen LogP contribution is -2.26. The van der Waals surface area contributed by atoms with Crippen LogP contribution in [0, 0.1) is 0 Å². The van der Waals surface area contributed by atoms with E-state index in [9.17, 15) is 5.11 Å². The topological polar surface area (TPSA) is 32.3 Å². The van der Waals surface area contributed by atoms with Crippen molar-refractivity contribution < 1.29 is 5.11 Å². The number of aryl methyl sites for hydroxylation is 1. The molecule has 0 radical (unpaired) electrons. The molecule has 2 nitrogen and oxygen atoms in total. The van der Waals surface area contributed by atoms with Gasteiger partial charge < -0.3 is 10.4 Å². The first kappa shape index (κ1) is 12.4. The molecule has 2 aromatic rings. The van der Waals surface area contributed by atoms with Crippen molar-refractivity contribution >= 4 is 0 Å². The summed E-state index contributed by atoms with van der Waals surface area (Å²) in [5.74, 6) is 0. The van der Waals surface area contributed by atoms with E-state index in [1.54, 1.807) is 0 Å². The fourth-order valence-electron chi connectivity index (χ4n) is 2.80. The summed E-state index contributed by atoms with van der Waals surface area (Å²) in [5.41, 5.74) is 3.85. The Kier molecular flexibility index (Phi) is 3.62. The number of benzene rings is 2. The lowest BCUT2D eigenvalue weighted by Gasteiger charge is -2.19. The van der Waals surface area contributed by atoms with Crippen molar-refractivity contribution in [1.29, 1.82) is 0 Å². The summed E-state index contributed by atoms with van der Waals surface area (Å²) in [6, 6.07) is 18.8. The van der Waals surface area contributed by atoms with Gasteiger partial charge in [0.2, 0.25) is 0 Å². The second-order valence-corrected chi connectivity index (χ2v) is 5.15. The quantitative estimate of drug-likeness (QED) is 0.878. The smallest absolute Gasteiger partial charge is 0.0738 e. The van der Waals surface area contributed by atoms with Gasteiger partial charge in [0, 0.05) is 6.54 Å². The van der Waals surface area contributed by atoms with Crippen molar-refractivity contribution in [3.05, 3.63) is 71.3 Å². The molecule has 0 amide bonds. The zero-order valence-corrected chi connectivity index (χ0v) is 10.9. The first-order valence-electron chi connectivity index (χ1n) is 6.88. The molecule has 0 bridgehead atoms. The van der Waals surface area contributed by atoms with E-state index >= 15 is 0 Å². The molecule has 0 saturated heterocycles. The molecule has 1 aliphatic heterocycles. The average Bonchev–Trinajstić information content (AvgIpc) is 2.90. The van der Waals surface area contributed by atoms with Crippen molar-refractivity contribution in [2.75, 3.05) is 0 Å². The Labute approximate surface area is 114 Å². The summed E-state index contributed by atoms with van der Waals surface area (Å²) in [7, 11) is 0. The largest absolute Gasteiger partial charge is 0.391 e. The molecule has 0 fully saturated rings. The number of aliphatic hydroxyl groups excluding tert-OH is 1. The minimum Gasteiger partial charge on any atom is -0.391 e. The van der Waals surface area contributed by atoms with Crippen molar-refractivity contribution in [2.45, 2.75) is 31.5 Å². The highest BCUT2D eigenvalue weighted by Gasteiger charge is 2.27. The summed E-state index contributed by atoms with van der Waals surface area (Å²) in [6.45, 7) is 0.864. The molecule has 0 aliphatic carbocycles. The minimum atomic E-state index is -0.330. The van der Waals surface area contributed by atoms with Gasteiger partial charge >= 0.3 is 0 Å². The number of fused-ring (bicyclic) bond motifs is 1. The van der Waals surface area contributed by atoms with E-state index in [1.165, 1.54) is 16.7 Å². The molecule has 3 rings (SSSR count). The second kappa shape index (κ2) is 5.55. The summed E-state index contributed by atoms with van der Waals surface area (Å²) in [4.78, 5) is 0. The van der Waals surface area contributed by atoms with Crippen LogP contribution in [0.5, 0.6) is 0 Å². The van der Waals surface area contributed by atoms with Gasteiger partial charge in [0.15, 0.2) is 0 Å². The van der Waals surface area contributed by atoms with Crippen LogP contribution >= 0.6 is 0 Å². The number of rotatable bonds is 4. The molecular formula is C17H19NO. The maximum atomic E-state index is 10.4. The SMILES string of the molecule is OC(CCc1ccccc1)C1NCc2ccccc21. The third kappa shape index (κ3) is 2.70. The minimum absolute atomic E-state index is 0.0833. The van der Waals surface area contributed by atoms with Crippen LogP contribution in [0.3, 0.4) is 0 Å². The monoisotopic (exact) mass is 253 g/mol. The van der Waals surface area contributed by atoms with Gasteiger partial charge in [-0.2, -0.15) is 0 Å². The number of aliphatic hydroxyl groups is 1. The maximum absolute atomic E-state index is 10.4. The zero-order chi connectivity index (χ0) is 13.1. The molecule has 2 unspecified atom stereocenters. The lowest BCUT2D eigenvalue weighted by atomic mass is 9.96. The molecule has 19 heavy (non-hydrogen) atoms. The zero-order valence-electron chi connectivity index (χ0n) is 10.9.